The molecule has 1 aromatic heterocycles. The number of carbonyl (C=O) groups excluding carboxylic acids is 1. The molecule has 0 bridgehead atoms. The highest BCUT2D eigenvalue weighted by Gasteiger charge is 2.11. The van der Waals surface area contributed by atoms with Crippen molar-refractivity contribution in [1.29, 1.82) is 0 Å². The van der Waals surface area contributed by atoms with Crippen LogP contribution in [-0.2, 0) is 24.2 Å². The molecule has 4 aromatic rings. The summed E-state index contributed by atoms with van der Waals surface area (Å²) in [5, 5.41) is 4.33. The molecule has 1 amide bonds. The first kappa shape index (κ1) is 24.1. The Labute approximate surface area is 209 Å². The number of carbonyl (C=O) groups is 1. The molecule has 34 heavy (non-hydrogen) atoms. The zero-order valence-electron chi connectivity index (χ0n) is 19.1. The van der Waals surface area contributed by atoms with E-state index in [1.807, 2.05) is 61.5 Å². The van der Waals surface area contributed by atoms with Crippen molar-refractivity contribution in [3.8, 4) is 5.75 Å². The first-order chi connectivity index (χ1) is 16.5. The van der Waals surface area contributed by atoms with Crippen LogP contribution >= 0.6 is 23.2 Å². The minimum absolute atomic E-state index is 0.0340. The lowest BCUT2D eigenvalue weighted by atomic mass is 10.1. The van der Waals surface area contributed by atoms with E-state index in [1.54, 1.807) is 6.07 Å². The standard InChI is InChI=1S/C27H27Cl2N3O2/c1-19-17-21(12-13-22(19)28)34-16-15-32-25-10-5-4-9-24(25)31-26(32)11-6-14-30-27(33)18-20-7-2-3-8-23(20)29/h2-5,7-10,12-13,17H,6,11,14-16,18H2,1H3,(H,30,33). The first-order valence-electron chi connectivity index (χ1n) is 11.3. The van der Waals surface area contributed by atoms with Crippen molar-refractivity contribution in [2.24, 2.45) is 0 Å². The lowest BCUT2D eigenvalue weighted by Crippen LogP contribution is -2.26. The highest BCUT2D eigenvalue weighted by molar-refractivity contribution is 6.31. The third-order valence-electron chi connectivity index (χ3n) is 5.65. The maximum atomic E-state index is 12.3. The quantitative estimate of drug-likeness (QED) is 0.273. The molecule has 0 spiro atoms. The monoisotopic (exact) mass is 495 g/mol. The lowest BCUT2D eigenvalue weighted by Gasteiger charge is -2.12. The van der Waals surface area contributed by atoms with E-state index in [1.165, 1.54) is 0 Å². The molecule has 0 saturated carbocycles. The maximum Gasteiger partial charge on any atom is 0.224 e. The van der Waals surface area contributed by atoms with Gasteiger partial charge in [0.25, 0.3) is 0 Å². The van der Waals surface area contributed by atoms with Crippen molar-refractivity contribution in [3.63, 3.8) is 0 Å². The highest BCUT2D eigenvalue weighted by atomic mass is 35.5. The minimum atomic E-state index is -0.0340. The van der Waals surface area contributed by atoms with Crippen molar-refractivity contribution in [1.82, 2.24) is 14.9 Å². The number of benzene rings is 3. The SMILES string of the molecule is Cc1cc(OCCn2c(CCCNC(=O)Cc3ccccc3Cl)nc3ccccc32)ccc1Cl. The van der Waals surface area contributed by atoms with Gasteiger partial charge >= 0.3 is 0 Å². The Morgan fingerprint density at radius 1 is 1.03 bits per heavy atom. The van der Waals surface area contributed by atoms with E-state index in [4.69, 9.17) is 32.9 Å². The van der Waals surface area contributed by atoms with Gasteiger partial charge in [0, 0.05) is 23.0 Å². The predicted molar refractivity (Wildman–Crippen MR) is 138 cm³/mol. The Morgan fingerprint density at radius 2 is 1.82 bits per heavy atom. The molecule has 0 atom stereocenters. The van der Waals surface area contributed by atoms with Gasteiger partial charge in [0.1, 0.15) is 18.2 Å². The van der Waals surface area contributed by atoms with Gasteiger partial charge in [0.05, 0.1) is 24.0 Å². The molecule has 0 unspecified atom stereocenters. The molecule has 0 aliphatic rings. The zero-order valence-corrected chi connectivity index (χ0v) is 20.6. The van der Waals surface area contributed by atoms with Crippen LogP contribution < -0.4 is 10.1 Å². The van der Waals surface area contributed by atoms with Gasteiger partial charge in [-0.1, -0.05) is 53.5 Å². The van der Waals surface area contributed by atoms with Crippen LogP contribution in [0.1, 0.15) is 23.4 Å². The second-order valence-corrected chi connectivity index (χ2v) is 8.96. The van der Waals surface area contributed by atoms with E-state index in [0.29, 0.717) is 24.7 Å². The molecule has 5 nitrogen and oxygen atoms in total. The molecule has 0 aliphatic carbocycles. The molecule has 0 aliphatic heterocycles. The molecule has 7 heteroatoms. The van der Waals surface area contributed by atoms with E-state index >= 15 is 0 Å². The Morgan fingerprint density at radius 3 is 2.65 bits per heavy atom. The summed E-state index contributed by atoms with van der Waals surface area (Å²) in [5.74, 6) is 1.75. The molecule has 0 fully saturated rings. The maximum absolute atomic E-state index is 12.3. The fourth-order valence-corrected chi connectivity index (χ4v) is 4.20. The van der Waals surface area contributed by atoms with Crippen molar-refractivity contribution in [2.45, 2.75) is 32.7 Å². The van der Waals surface area contributed by atoms with Crippen LogP contribution in [0.2, 0.25) is 10.0 Å². The Balaban J connectivity index is 1.33. The summed E-state index contributed by atoms with van der Waals surface area (Å²) in [7, 11) is 0. The van der Waals surface area contributed by atoms with Gasteiger partial charge in [-0.25, -0.2) is 4.98 Å². The number of hydrogen-bond acceptors (Lipinski definition) is 3. The summed E-state index contributed by atoms with van der Waals surface area (Å²) in [6.45, 7) is 3.73. The normalized spacial score (nSPS) is 11.0. The van der Waals surface area contributed by atoms with E-state index in [0.717, 1.165) is 51.6 Å². The molecule has 1 N–H and O–H groups in total. The number of rotatable bonds is 10. The summed E-state index contributed by atoms with van der Waals surface area (Å²) in [6.07, 6.45) is 1.82. The summed E-state index contributed by atoms with van der Waals surface area (Å²) in [5.41, 5.74) is 3.86. The van der Waals surface area contributed by atoms with Gasteiger partial charge in [-0.2, -0.15) is 0 Å². The number of fused-ring (bicyclic) bond motifs is 1. The number of halogens is 2. The van der Waals surface area contributed by atoms with Crippen molar-refractivity contribution in [3.05, 3.63) is 93.7 Å². The molecule has 0 radical (unpaired) electrons. The number of aryl methyl sites for hydroxylation is 2. The van der Waals surface area contributed by atoms with Gasteiger partial charge in [-0.15, -0.1) is 0 Å². The van der Waals surface area contributed by atoms with Crippen LogP contribution in [0.25, 0.3) is 11.0 Å². The fourth-order valence-electron chi connectivity index (χ4n) is 3.88. The summed E-state index contributed by atoms with van der Waals surface area (Å²) < 4.78 is 8.17. The van der Waals surface area contributed by atoms with Gasteiger partial charge in [-0.05, 0) is 60.9 Å². The van der Waals surface area contributed by atoms with Crippen LogP contribution in [0, 0.1) is 6.92 Å². The number of nitrogens with one attached hydrogen (secondary N) is 1. The smallest absolute Gasteiger partial charge is 0.224 e. The van der Waals surface area contributed by atoms with Gasteiger partial charge < -0.3 is 14.6 Å². The highest BCUT2D eigenvalue weighted by Crippen LogP contribution is 2.22. The Hall–Kier alpha value is -3.02. The van der Waals surface area contributed by atoms with Crippen LogP contribution in [0.15, 0.2) is 66.7 Å². The van der Waals surface area contributed by atoms with E-state index in [2.05, 4.69) is 16.0 Å². The second-order valence-electron chi connectivity index (χ2n) is 8.15. The number of aromatic nitrogens is 2. The average Bonchev–Trinajstić information content (AvgIpc) is 3.18. The fraction of sp³-hybridized carbons (Fsp3) is 0.259. The number of nitrogens with zero attached hydrogens (tertiary/aromatic N) is 2. The largest absolute Gasteiger partial charge is 0.492 e. The van der Waals surface area contributed by atoms with Crippen LogP contribution in [0.4, 0.5) is 0 Å². The number of imidazole rings is 1. The van der Waals surface area contributed by atoms with E-state index < -0.39 is 0 Å². The zero-order chi connectivity index (χ0) is 23.9. The average molecular weight is 496 g/mol. The number of para-hydroxylation sites is 2. The van der Waals surface area contributed by atoms with Crippen molar-refractivity contribution < 1.29 is 9.53 Å². The van der Waals surface area contributed by atoms with E-state index in [9.17, 15) is 4.79 Å². The summed E-state index contributed by atoms with van der Waals surface area (Å²) >= 11 is 12.3. The third kappa shape index (κ3) is 6.10. The number of hydrogen-bond donors (Lipinski definition) is 1. The van der Waals surface area contributed by atoms with Gasteiger partial charge in [-0.3, -0.25) is 4.79 Å². The molecule has 1 heterocycles. The van der Waals surface area contributed by atoms with Crippen molar-refractivity contribution in [2.75, 3.05) is 13.2 Å². The summed E-state index contributed by atoms with van der Waals surface area (Å²) in [6, 6.07) is 21.2. The molecule has 0 saturated heterocycles. The second kappa shape index (κ2) is 11.4. The molecular weight excluding hydrogens is 469 g/mol. The number of ether oxygens (including phenoxy) is 1. The first-order valence-corrected chi connectivity index (χ1v) is 12.1. The minimum Gasteiger partial charge on any atom is -0.492 e. The van der Waals surface area contributed by atoms with Gasteiger partial charge in [0.2, 0.25) is 5.91 Å². The molecule has 176 valence electrons. The predicted octanol–water partition coefficient (Wildman–Crippen LogP) is 6.02. The molecular formula is C27H27Cl2N3O2. The lowest BCUT2D eigenvalue weighted by molar-refractivity contribution is -0.120. The molecule has 4 rings (SSSR count). The Kier molecular flexibility index (Phi) is 8.09. The van der Waals surface area contributed by atoms with Crippen molar-refractivity contribution >= 4 is 40.1 Å². The van der Waals surface area contributed by atoms with Crippen LogP contribution in [0.5, 0.6) is 5.75 Å². The topological polar surface area (TPSA) is 56.1 Å². The number of amides is 1. The van der Waals surface area contributed by atoms with Crippen LogP contribution in [0.3, 0.4) is 0 Å². The summed E-state index contributed by atoms with van der Waals surface area (Å²) in [4.78, 5) is 17.1. The Bertz CT molecular complexity index is 1290. The van der Waals surface area contributed by atoms with E-state index in [-0.39, 0.29) is 12.3 Å². The van der Waals surface area contributed by atoms with Crippen LogP contribution in [-0.4, -0.2) is 28.6 Å². The molecule has 3 aromatic carbocycles. The van der Waals surface area contributed by atoms with Gasteiger partial charge in [0.15, 0.2) is 0 Å². The third-order valence-corrected chi connectivity index (χ3v) is 6.45.